The van der Waals surface area contributed by atoms with Crippen LogP contribution < -0.4 is 5.56 Å². The number of hydrogen-bond donors (Lipinski definition) is 0. The number of fused-ring (bicyclic) bond motifs is 1. The van der Waals surface area contributed by atoms with Gasteiger partial charge in [0.2, 0.25) is 0 Å². The normalized spacial score (nSPS) is 12.6. The largest absolute Gasteiger partial charge is 0.275 e. The number of pyridine rings is 1. The van der Waals surface area contributed by atoms with Gasteiger partial charge in [0.15, 0.2) is 5.65 Å². The summed E-state index contributed by atoms with van der Waals surface area (Å²) in [6.45, 7) is 5.68. The molecule has 3 heterocycles. The molecule has 3 rings (SSSR count). The van der Waals surface area contributed by atoms with E-state index in [0.717, 1.165) is 0 Å². The summed E-state index contributed by atoms with van der Waals surface area (Å²) in [5, 5.41) is 8.03. The van der Waals surface area contributed by atoms with Crippen LogP contribution in [0.5, 0.6) is 0 Å². The van der Waals surface area contributed by atoms with E-state index in [2.05, 4.69) is 10.2 Å². The minimum atomic E-state index is -4.36. The summed E-state index contributed by atoms with van der Waals surface area (Å²) in [5.74, 6) is 0.145. The first kappa shape index (κ1) is 19.2. The van der Waals surface area contributed by atoms with Gasteiger partial charge in [-0.25, -0.2) is 17.2 Å². The minimum absolute atomic E-state index is 0.0737. The van der Waals surface area contributed by atoms with Crippen LogP contribution in [0.25, 0.3) is 11.0 Å². The van der Waals surface area contributed by atoms with Gasteiger partial charge in [0.05, 0.1) is 5.69 Å². The maximum atomic E-state index is 13.4. The maximum absolute atomic E-state index is 13.4. The smallest absolute Gasteiger partial charge is 0.274 e. The minimum Gasteiger partial charge on any atom is -0.274 e. The zero-order valence-electron chi connectivity index (χ0n) is 15.2. The second-order valence-corrected chi connectivity index (χ2v) is 8.50. The van der Waals surface area contributed by atoms with Gasteiger partial charge in [-0.15, -0.1) is 0 Å². The fourth-order valence-corrected chi connectivity index (χ4v) is 4.50. The van der Waals surface area contributed by atoms with Crippen molar-refractivity contribution in [2.45, 2.75) is 38.6 Å². The van der Waals surface area contributed by atoms with Crippen LogP contribution in [0.2, 0.25) is 0 Å². The van der Waals surface area contributed by atoms with Gasteiger partial charge in [-0.2, -0.15) is 14.2 Å². The highest BCUT2D eigenvalue weighted by Gasteiger charge is 2.29. The Morgan fingerprint density at radius 1 is 1.19 bits per heavy atom. The van der Waals surface area contributed by atoms with Crippen LogP contribution in [0.15, 0.2) is 28.2 Å². The van der Waals surface area contributed by atoms with Crippen molar-refractivity contribution in [3.05, 3.63) is 40.1 Å². The molecule has 146 valence electrons. The Morgan fingerprint density at radius 3 is 2.37 bits per heavy atom. The number of nitrogens with zero attached hydrogens (tertiary/aromatic N) is 5. The molecule has 0 spiro atoms. The monoisotopic (exact) mass is 399 g/mol. The summed E-state index contributed by atoms with van der Waals surface area (Å²) in [6.07, 6.45) is -0.331. The molecule has 27 heavy (non-hydrogen) atoms. The second kappa shape index (κ2) is 6.55. The average Bonchev–Trinajstić information content (AvgIpc) is 3.07. The van der Waals surface area contributed by atoms with Crippen LogP contribution in [-0.2, 0) is 23.6 Å². The highest BCUT2D eigenvalue weighted by atomic mass is 32.2. The highest BCUT2D eigenvalue weighted by Crippen LogP contribution is 2.28. The van der Waals surface area contributed by atoms with Gasteiger partial charge in [-0.1, -0.05) is 13.8 Å². The van der Waals surface area contributed by atoms with E-state index in [9.17, 15) is 22.0 Å². The molecule has 0 aliphatic carbocycles. The van der Waals surface area contributed by atoms with E-state index in [0.29, 0.717) is 16.6 Å². The van der Waals surface area contributed by atoms with E-state index in [1.165, 1.54) is 28.7 Å². The number of hydrogen-bond acceptors (Lipinski definition) is 5. The summed E-state index contributed by atoms with van der Waals surface area (Å²) < 4.78 is 56.2. The van der Waals surface area contributed by atoms with E-state index in [-0.39, 0.29) is 27.5 Å². The number of aromatic nitrogens is 5. The van der Waals surface area contributed by atoms with Crippen molar-refractivity contribution in [3.63, 3.8) is 0 Å². The summed E-state index contributed by atoms with van der Waals surface area (Å²) in [5.41, 5.74) is -1.76. The Bertz CT molecular complexity index is 1170. The molecule has 0 aliphatic rings. The van der Waals surface area contributed by atoms with E-state index in [4.69, 9.17) is 0 Å². The first-order chi connectivity index (χ1) is 12.5. The second-order valence-electron chi connectivity index (χ2n) is 6.74. The molecular weight excluding hydrogens is 380 g/mol. The molecule has 0 saturated carbocycles. The first-order valence-electron chi connectivity index (χ1n) is 8.19. The van der Waals surface area contributed by atoms with E-state index < -0.39 is 27.6 Å². The van der Waals surface area contributed by atoms with Crippen molar-refractivity contribution < 1.29 is 17.2 Å². The fourth-order valence-electron chi connectivity index (χ4n) is 2.95. The van der Waals surface area contributed by atoms with Gasteiger partial charge >= 0.3 is 0 Å². The van der Waals surface area contributed by atoms with Gasteiger partial charge < -0.3 is 0 Å². The molecule has 0 aliphatic heterocycles. The first-order valence-corrected chi connectivity index (χ1v) is 9.63. The van der Waals surface area contributed by atoms with Gasteiger partial charge in [-0.05, 0) is 12.8 Å². The van der Waals surface area contributed by atoms with Crippen molar-refractivity contribution in [3.8, 4) is 0 Å². The van der Waals surface area contributed by atoms with Gasteiger partial charge in [0, 0.05) is 43.0 Å². The van der Waals surface area contributed by atoms with Crippen LogP contribution in [-0.4, -0.2) is 32.0 Å². The van der Waals surface area contributed by atoms with Gasteiger partial charge in [0.25, 0.3) is 22.0 Å². The zero-order chi connectivity index (χ0) is 20.1. The number of halogens is 2. The summed E-state index contributed by atoms with van der Waals surface area (Å²) in [6, 6.07) is 0.650. The van der Waals surface area contributed by atoms with E-state index in [1.54, 1.807) is 7.05 Å². The Kier molecular flexibility index (Phi) is 4.66. The molecule has 3 aromatic rings. The van der Waals surface area contributed by atoms with Crippen LogP contribution in [0.3, 0.4) is 0 Å². The average molecular weight is 399 g/mol. The predicted octanol–water partition coefficient (Wildman–Crippen LogP) is 2.07. The Labute approximate surface area is 154 Å². The quantitative estimate of drug-likeness (QED) is 0.655. The molecule has 0 radical (unpaired) electrons. The fraction of sp³-hybridized carbons (Fsp3) is 0.438. The lowest BCUT2D eigenvalue weighted by molar-refractivity contribution is 0.153. The highest BCUT2D eigenvalue weighted by molar-refractivity contribution is 7.90. The molecule has 0 saturated heterocycles. The molecule has 0 amide bonds. The SMILES string of the molecule is Cc1nn(C)cc1S(=O)(=O)n1c(=O)cc(C(F)F)c2cn(CC(C)C)nc21. The molecule has 0 bridgehead atoms. The number of rotatable bonds is 5. The molecule has 0 N–H and O–H groups in total. The lowest BCUT2D eigenvalue weighted by Gasteiger charge is -2.09. The molecule has 0 aromatic carbocycles. The Morgan fingerprint density at radius 2 is 1.85 bits per heavy atom. The summed E-state index contributed by atoms with van der Waals surface area (Å²) >= 11 is 0. The summed E-state index contributed by atoms with van der Waals surface area (Å²) in [7, 11) is -2.82. The lowest BCUT2D eigenvalue weighted by Crippen LogP contribution is -2.28. The number of alkyl halides is 2. The molecule has 3 aromatic heterocycles. The van der Waals surface area contributed by atoms with Gasteiger partial charge in [-0.3, -0.25) is 14.2 Å². The third kappa shape index (κ3) is 3.27. The Hall–Kier alpha value is -2.56. The molecule has 8 nitrogen and oxygen atoms in total. The standard InChI is InChI=1S/C16H19F2N5O3S/c1-9(2)6-22-7-12-11(15(17)18)5-14(24)23(16(12)20-22)27(25,26)13-8-21(4)19-10(13)3/h5,7-9,15H,6H2,1-4H3. The van der Waals surface area contributed by atoms with Crippen molar-refractivity contribution in [2.75, 3.05) is 0 Å². The van der Waals surface area contributed by atoms with Crippen molar-refractivity contribution in [1.82, 2.24) is 23.5 Å². The molecular formula is C16H19F2N5O3S. The molecule has 0 unspecified atom stereocenters. The number of aryl methyl sites for hydroxylation is 2. The summed E-state index contributed by atoms with van der Waals surface area (Å²) in [4.78, 5) is 12.3. The Balaban J connectivity index is 2.37. The van der Waals surface area contributed by atoms with Crippen molar-refractivity contribution in [1.29, 1.82) is 0 Å². The van der Waals surface area contributed by atoms with E-state index in [1.807, 2.05) is 13.8 Å². The van der Waals surface area contributed by atoms with Crippen molar-refractivity contribution in [2.24, 2.45) is 13.0 Å². The topological polar surface area (TPSA) is 91.8 Å². The van der Waals surface area contributed by atoms with Crippen LogP contribution in [0, 0.1) is 12.8 Å². The predicted molar refractivity (Wildman–Crippen MR) is 94.3 cm³/mol. The third-order valence-corrected chi connectivity index (χ3v) is 5.79. The van der Waals surface area contributed by atoms with Crippen LogP contribution in [0.4, 0.5) is 8.78 Å². The van der Waals surface area contributed by atoms with E-state index >= 15 is 0 Å². The van der Waals surface area contributed by atoms with Crippen molar-refractivity contribution >= 4 is 21.1 Å². The third-order valence-electron chi connectivity index (χ3n) is 4.00. The zero-order valence-corrected chi connectivity index (χ0v) is 16.0. The molecule has 0 atom stereocenters. The molecule has 11 heteroatoms. The molecule has 0 fully saturated rings. The van der Waals surface area contributed by atoms with Gasteiger partial charge in [0.1, 0.15) is 4.90 Å². The van der Waals surface area contributed by atoms with Crippen LogP contribution >= 0.6 is 0 Å². The lowest BCUT2D eigenvalue weighted by atomic mass is 10.2. The maximum Gasteiger partial charge on any atom is 0.275 e. The van der Waals surface area contributed by atoms with Crippen LogP contribution in [0.1, 0.15) is 31.5 Å².